The predicted octanol–water partition coefficient (Wildman–Crippen LogP) is 3.28. The molecule has 0 saturated carbocycles. The number of methoxy groups -OCH3 is 2. The third-order valence-electron chi connectivity index (χ3n) is 3.99. The third-order valence-corrected chi connectivity index (χ3v) is 4.32. The minimum Gasteiger partial charge on any atom is -0.465 e. The summed E-state index contributed by atoms with van der Waals surface area (Å²) in [7, 11) is 2.34. The average Bonchev–Trinajstić information content (AvgIpc) is 2.79. The smallest absolute Gasteiger partial charge is 0.339 e. The van der Waals surface area contributed by atoms with Gasteiger partial charge in [-0.2, -0.15) is 5.26 Å². The number of nitro benzene ring substituents is 1. The molecule has 11 nitrogen and oxygen atoms in total. The highest BCUT2D eigenvalue weighted by Crippen LogP contribution is 2.27. The Kier molecular flexibility index (Phi) is 7.86. The molecule has 0 aromatic heterocycles. The molecule has 0 unspecified atom stereocenters. The van der Waals surface area contributed by atoms with Crippen molar-refractivity contribution in [3.63, 3.8) is 0 Å². The Morgan fingerprint density at radius 1 is 1.09 bits per heavy atom. The van der Waals surface area contributed by atoms with Crippen molar-refractivity contribution in [3.05, 3.63) is 74.4 Å². The average molecular weight is 459 g/mol. The van der Waals surface area contributed by atoms with Crippen LogP contribution in [0.25, 0.3) is 0 Å². The second kappa shape index (κ2) is 10.6. The largest absolute Gasteiger partial charge is 0.465 e. The second-order valence-electron chi connectivity index (χ2n) is 5.93. The standard InChI is InChI=1S/C20H15ClN4O7/c1-31-19(27)11-3-5-14(20(28)32-2)16(7-11)23-10-12(9-22)18(26)24-17-8-13(25(29)30)4-6-15(17)21/h3-8,10,23H,1-2H3,(H,24,26)/b12-10-. The van der Waals surface area contributed by atoms with Gasteiger partial charge in [0.1, 0.15) is 11.6 Å². The molecule has 2 N–H and O–H groups in total. The van der Waals surface area contributed by atoms with Crippen LogP contribution in [0.15, 0.2) is 48.2 Å². The summed E-state index contributed by atoms with van der Waals surface area (Å²) in [6.45, 7) is 0. The van der Waals surface area contributed by atoms with Gasteiger partial charge in [-0.05, 0) is 24.3 Å². The van der Waals surface area contributed by atoms with Gasteiger partial charge in [0.25, 0.3) is 11.6 Å². The maximum atomic E-state index is 12.5. The molecule has 0 radical (unpaired) electrons. The molecule has 0 spiro atoms. The molecule has 0 heterocycles. The van der Waals surface area contributed by atoms with Crippen molar-refractivity contribution in [1.29, 1.82) is 5.26 Å². The number of anilines is 2. The van der Waals surface area contributed by atoms with E-state index in [4.69, 9.17) is 11.6 Å². The second-order valence-corrected chi connectivity index (χ2v) is 6.34. The van der Waals surface area contributed by atoms with E-state index in [2.05, 4.69) is 20.1 Å². The van der Waals surface area contributed by atoms with Gasteiger partial charge in [0, 0.05) is 18.3 Å². The van der Waals surface area contributed by atoms with Gasteiger partial charge in [-0.3, -0.25) is 14.9 Å². The van der Waals surface area contributed by atoms with Crippen LogP contribution in [0, 0.1) is 21.4 Å². The zero-order valence-electron chi connectivity index (χ0n) is 16.7. The van der Waals surface area contributed by atoms with Crippen molar-refractivity contribution in [2.45, 2.75) is 0 Å². The topological polar surface area (TPSA) is 161 Å². The number of ether oxygens (including phenoxy) is 2. The quantitative estimate of drug-likeness (QED) is 0.208. The molecule has 2 aromatic rings. The number of nitrogens with zero attached hydrogens (tertiary/aromatic N) is 2. The van der Waals surface area contributed by atoms with E-state index in [1.54, 1.807) is 6.07 Å². The molecule has 0 aliphatic carbocycles. The first kappa shape index (κ1) is 23.8. The zero-order chi connectivity index (χ0) is 23.8. The Morgan fingerprint density at radius 2 is 1.78 bits per heavy atom. The Balaban J connectivity index is 2.35. The fraction of sp³-hybridized carbons (Fsp3) is 0.100. The molecule has 0 saturated heterocycles. The minimum atomic E-state index is -0.925. The monoisotopic (exact) mass is 458 g/mol. The maximum absolute atomic E-state index is 12.5. The van der Waals surface area contributed by atoms with Crippen LogP contribution in [0.2, 0.25) is 5.02 Å². The fourth-order valence-electron chi connectivity index (χ4n) is 2.41. The first-order valence-corrected chi connectivity index (χ1v) is 9.02. The van der Waals surface area contributed by atoms with Crippen LogP contribution in [-0.2, 0) is 14.3 Å². The predicted molar refractivity (Wildman–Crippen MR) is 113 cm³/mol. The number of nitrogens with one attached hydrogen (secondary N) is 2. The molecule has 164 valence electrons. The van der Waals surface area contributed by atoms with Crippen LogP contribution in [0.1, 0.15) is 20.7 Å². The van der Waals surface area contributed by atoms with Gasteiger partial charge >= 0.3 is 11.9 Å². The number of carbonyl (C=O) groups is 3. The number of benzene rings is 2. The number of hydrogen-bond donors (Lipinski definition) is 2. The third kappa shape index (κ3) is 5.59. The van der Waals surface area contributed by atoms with Gasteiger partial charge in [0.15, 0.2) is 0 Å². The molecule has 0 bridgehead atoms. The van der Waals surface area contributed by atoms with E-state index in [0.29, 0.717) is 0 Å². The van der Waals surface area contributed by atoms with Gasteiger partial charge < -0.3 is 20.1 Å². The van der Waals surface area contributed by atoms with Crippen LogP contribution in [-0.4, -0.2) is 37.0 Å². The van der Waals surface area contributed by atoms with E-state index in [1.807, 2.05) is 0 Å². The Morgan fingerprint density at radius 3 is 2.38 bits per heavy atom. The van der Waals surface area contributed by atoms with Crippen LogP contribution in [0.5, 0.6) is 0 Å². The number of halogens is 1. The van der Waals surface area contributed by atoms with E-state index < -0.39 is 28.3 Å². The van der Waals surface area contributed by atoms with Crippen LogP contribution >= 0.6 is 11.6 Å². The summed E-state index contributed by atoms with van der Waals surface area (Å²) in [5.41, 5.74) is -0.652. The summed E-state index contributed by atoms with van der Waals surface area (Å²) < 4.78 is 9.31. The number of rotatable bonds is 7. The summed E-state index contributed by atoms with van der Waals surface area (Å²) in [4.78, 5) is 46.5. The van der Waals surface area contributed by atoms with Gasteiger partial charge in [-0.25, -0.2) is 9.59 Å². The Bertz CT molecular complexity index is 1170. The van der Waals surface area contributed by atoms with Crippen molar-refractivity contribution >= 4 is 46.5 Å². The summed E-state index contributed by atoms with van der Waals surface area (Å²) in [5, 5.41) is 25.2. The summed E-state index contributed by atoms with van der Waals surface area (Å²) >= 11 is 5.95. The lowest BCUT2D eigenvalue weighted by molar-refractivity contribution is -0.384. The summed E-state index contributed by atoms with van der Waals surface area (Å²) in [6.07, 6.45) is 0.990. The number of nitro groups is 1. The van der Waals surface area contributed by atoms with Gasteiger partial charge in [0.05, 0.1) is 46.7 Å². The van der Waals surface area contributed by atoms with E-state index >= 15 is 0 Å². The van der Waals surface area contributed by atoms with Crippen molar-refractivity contribution < 1.29 is 28.8 Å². The molecule has 1 amide bonds. The molecule has 0 atom stereocenters. The number of carbonyl (C=O) groups excluding carboxylic acids is 3. The van der Waals surface area contributed by atoms with Crippen molar-refractivity contribution in [3.8, 4) is 6.07 Å². The van der Waals surface area contributed by atoms with Gasteiger partial charge in [0.2, 0.25) is 0 Å². The normalized spacial score (nSPS) is 10.5. The van der Waals surface area contributed by atoms with Crippen LogP contribution < -0.4 is 10.6 Å². The SMILES string of the molecule is COC(=O)c1ccc(C(=O)OC)c(N/C=C(/C#N)C(=O)Nc2cc([N+](=O)[O-])ccc2Cl)c1. The van der Waals surface area contributed by atoms with E-state index in [-0.39, 0.29) is 33.2 Å². The lowest BCUT2D eigenvalue weighted by Crippen LogP contribution is -2.15. The number of hydrogen-bond acceptors (Lipinski definition) is 9. The van der Waals surface area contributed by atoms with E-state index in [1.165, 1.54) is 31.4 Å². The van der Waals surface area contributed by atoms with Gasteiger partial charge in [-0.1, -0.05) is 11.6 Å². The molecule has 32 heavy (non-hydrogen) atoms. The summed E-state index contributed by atoms with van der Waals surface area (Å²) in [6, 6.07) is 9.01. The lowest BCUT2D eigenvalue weighted by Gasteiger charge is -2.10. The number of non-ortho nitro benzene ring substituents is 1. The highest BCUT2D eigenvalue weighted by atomic mass is 35.5. The first-order chi connectivity index (χ1) is 15.2. The molecule has 12 heteroatoms. The van der Waals surface area contributed by atoms with E-state index in [9.17, 15) is 29.8 Å². The minimum absolute atomic E-state index is 0.0213. The number of nitriles is 1. The van der Waals surface area contributed by atoms with E-state index in [0.717, 1.165) is 25.4 Å². The Labute approximate surface area is 186 Å². The Hall–Kier alpha value is -4.43. The highest BCUT2D eigenvalue weighted by Gasteiger charge is 2.17. The molecule has 0 aliphatic rings. The fourth-order valence-corrected chi connectivity index (χ4v) is 2.57. The zero-order valence-corrected chi connectivity index (χ0v) is 17.4. The molecule has 0 aliphatic heterocycles. The number of esters is 2. The van der Waals surface area contributed by atoms with Crippen LogP contribution in [0.4, 0.5) is 17.1 Å². The van der Waals surface area contributed by atoms with Crippen LogP contribution in [0.3, 0.4) is 0 Å². The molecular weight excluding hydrogens is 444 g/mol. The number of amides is 1. The highest BCUT2D eigenvalue weighted by molar-refractivity contribution is 6.34. The molecule has 2 rings (SSSR count). The lowest BCUT2D eigenvalue weighted by atomic mass is 10.1. The van der Waals surface area contributed by atoms with Crippen molar-refractivity contribution in [2.75, 3.05) is 24.9 Å². The first-order valence-electron chi connectivity index (χ1n) is 8.64. The van der Waals surface area contributed by atoms with Gasteiger partial charge in [-0.15, -0.1) is 0 Å². The molecular formula is C20H15ClN4O7. The van der Waals surface area contributed by atoms with Crippen molar-refractivity contribution in [2.24, 2.45) is 0 Å². The summed E-state index contributed by atoms with van der Waals surface area (Å²) in [5.74, 6) is -2.33. The van der Waals surface area contributed by atoms with Crippen molar-refractivity contribution in [1.82, 2.24) is 0 Å². The molecule has 0 fully saturated rings. The molecule has 2 aromatic carbocycles. The maximum Gasteiger partial charge on any atom is 0.339 e.